The first-order valence-corrected chi connectivity index (χ1v) is 10.6. The van der Waals surface area contributed by atoms with Crippen molar-refractivity contribution < 1.29 is 13.5 Å². The van der Waals surface area contributed by atoms with E-state index in [0.717, 1.165) is 5.56 Å². The summed E-state index contributed by atoms with van der Waals surface area (Å²) in [5.74, 6) is 0. The molecule has 8 heteroatoms. The van der Waals surface area contributed by atoms with Crippen molar-refractivity contribution in [2.75, 3.05) is 0 Å². The molecule has 4 aromatic rings. The van der Waals surface area contributed by atoms with E-state index in [2.05, 4.69) is 9.97 Å². The van der Waals surface area contributed by atoms with Crippen molar-refractivity contribution in [2.45, 2.75) is 11.5 Å². The monoisotopic (exact) mass is 491 g/mol. The molecule has 0 saturated heterocycles. The molecule has 0 unspecified atom stereocenters. The molecule has 1 N–H and O–H groups in total. The molecule has 27 heavy (non-hydrogen) atoms. The van der Waals surface area contributed by atoms with Gasteiger partial charge >= 0.3 is 0 Å². The first kappa shape index (κ1) is 18.1. The number of hydrogen-bond acceptors (Lipinski definition) is 5. The summed E-state index contributed by atoms with van der Waals surface area (Å²) in [6, 6.07) is 17.3. The van der Waals surface area contributed by atoms with E-state index in [9.17, 15) is 13.5 Å². The van der Waals surface area contributed by atoms with E-state index in [1.54, 1.807) is 48.7 Å². The molecule has 136 valence electrons. The van der Waals surface area contributed by atoms with Gasteiger partial charge in [0.2, 0.25) is 0 Å². The van der Waals surface area contributed by atoms with Crippen molar-refractivity contribution in [3.8, 4) is 11.3 Å². The topological polar surface area (TPSA) is 85.1 Å². The maximum atomic E-state index is 13.0. The largest absolute Gasteiger partial charge is 0.390 e. The lowest BCUT2D eigenvalue weighted by Crippen LogP contribution is -2.14. The van der Waals surface area contributed by atoms with Crippen LogP contribution in [0.1, 0.15) is 5.69 Å². The molecule has 0 atom stereocenters. The minimum atomic E-state index is -3.74. The first-order chi connectivity index (χ1) is 13.0. The van der Waals surface area contributed by atoms with E-state index in [4.69, 9.17) is 0 Å². The average molecular weight is 491 g/mol. The Labute approximate surface area is 169 Å². The Hall–Kier alpha value is -2.30. The molecular weight excluding hydrogens is 477 g/mol. The van der Waals surface area contributed by atoms with Crippen LogP contribution >= 0.6 is 22.6 Å². The van der Waals surface area contributed by atoms with Crippen LogP contribution in [-0.2, 0) is 16.6 Å². The Bertz CT molecular complexity index is 1240. The van der Waals surface area contributed by atoms with Gasteiger partial charge in [-0.15, -0.1) is 0 Å². The zero-order valence-corrected chi connectivity index (χ0v) is 16.9. The highest BCUT2D eigenvalue weighted by atomic mass is 127. The van der Waals surface area contributed by atoms with Crippen LogP contribution in [0.4, 0.5) is 0 Å². The van der Waals surface area contributed by atoms with Crippen molar-refractivity contribution in [3.63, 3.8) is 0 Å². The minimum absolute atomic E-state index is 0.146. The number of fused-ring (bicyclic) bond motifs is 1. The lowest BCUT2D eigenvalue weighted by atomic mass is 10.1. The molecule has 0 bridgehead atoms. The highest BCUT2D eigenvalue weighted by Crippen LogP contribution is 2.28. The molecule has 4 rings (SSSR count). The second kappa shape index (κ2) is 7.02. The third kappa shape index (κ3) is 3.24. The summed E-state index contributed by atoms with van der Waals surface area (Å²) in [7, 11) is -3.74. The van der Waals surface area contributed by atoms with Crippen molar-refractivity contribution in [1.29, 1.82) is 0 Å². The number of aliphatic hydroxyl groups is 1. The van der Waals surface area contributed by atoms with Crippen LogP contribution in [0.25, 0.3) is 22.3 Å². The molecule has 0 saturated carbocycles. The van der Waals surface area contributed by atoms with Crippen molar-refractivity contribution in [3.05, 3.63) is 76.3 Å². The lowest BCUT2D eigenvalue weighted by Gasteiger charge is -2.09. The lowest BCUT2D eigenvalue weighted by molar-refractivity contribution is 0.277. The van der Waals surface area contributed by atoms with Gasteiger partial charge in [-0.2, -0.15) is 0 Å². The zero-order chi connectivity index (χ0) is 19.0. The van der Waals surface area contributed by atoms with Gasteiger partial charge < -0.3 is 5.11 Å². The van der Waals surface area contributed by atoms with Crippen LogP contribution in [0, 0.1) is 3.70 Å². The molecule has 0 amide bonds. The number of benzene rings is 1. The van der Waals surface area contributed by atoms with E-state index in [-0.39, 0.29) is 11.5 Å². The Kier molecular flexibility index (Phi) is 4.70. The molecule has 0 aliphatic carbocycles. The van der Waals surface area contributed by atoms with Gasteiger partial charge in [-0.25, -0.2) is 17.4 Å². The van der Waals surface area contributed by atoms with Gasteiger partial charge in [0.25, 0.3) is 10.0 Å². The quantitative estimate of drug-likeness (QED) is 0.443. The number of pyridine rings is 2. The van der Waals surface area contributed by atoms with Gasteiger partial charge in [-0.05, 0) is 59.0 Å². The van der Waals surface area contributed by atoms with Crippen LogP contribution in [0.2, 0.25) is 0 Å². The molecule has 3 aromatic heterocycles. The normalized spacial score (nSPS) is 11.8. The third-order valence-electron chi connectivity index (χ3n) is 4.10. The Morgan fingerprint density at radius 2 is 1.81 bits per heavy atom. The maximum Gasteiger partial charge on any atom is 0.270 e. The minimum Gasteiger partial charge on any atom is -0.390 e. The number of nitrogens with zero attached hydrogens (tertiary/aromatic N) is 3. The fourth-order valence-electron chi connectivity index (χ4n) is 2.83. The summed E-state index contributed by atoms with van der Waals surface area (Å²) in [5.41, 5.74) is 2.35. The molecule has 0 spiro atoms. The highest BCUT2D eigenvalue weighted by Gasteiger charge is 2.23. The SMILES string of the molecule is O=S(=O)(c1ccccc1)n1c(I)cc2cc(-c3cccc(CO)n3)cnc21. The molecule has 0 aliphatic rings. The summed E-state index contributed by atoms with van der Waals surface area (Å²) in [6.45, 7) is -0.146. The van der Waals surface area contributed by atoms with Gasteiger partial charge in [-0.1, -0.05) is 24.3 Å². The van der Waals surface area contributed by atoms with E-state index in [0.29, 0.717) is 26.1 Å². The predicted octanol–water partition coefficient (Wildman–Crippen LogP) is 3.43. The first-order valence-electron chi connectivity index (χ1n) is 8.05. The number of hydrogen-bond donors (Lipinski definition) is 1. The number of rotatable bonds is 4. The predicted molar refractivity (Wildman–Crippen MR) is 111 cm³/mol. The molecule has 3 heterocycles. The Morgan fingerprint density at radius 1 is 1.04 bits per heavy atom. The van der Waals surface area contributed by atoms with E-state index in [1.165, 1.54) is 3.97 Å². The second-order valence-electron chi connectivity index (χ2n) is 5.86. The van der Waals surface area contributed by atoms with Crippen molar-refractivity contribution in [2.24, 2.45) is 0 Å². The van der Waals surface area contributed by atoms with Gasteiger partial charge in [0.05, 0.1) is 26.6 Å². The van der Waals surface area contributed by atoms with E-state index in [1.807, 2.05) is 40.8 Å². The summed E-state index contributed by atoms with van der Waals surface area (Å²) in [4.78, 5) is 8.99. The molecule has 0 aliphatic heterocycles. The summed E-state index contributed by atoms with van der Waals surface area (Å²) in [5, 5.41) is 9.97. The molecule has 0 radical (unpaired) electrons. The van der Waals surface area contributed by atoms with Gasteiger partial charge in [0.1, 0.15) is 0 Å². The van der Waals surface area contributed by atoms with Gasteiger partial charge in [-0.3, -0.25) is 4.98 Å². The smallest absolute Gasteiger partial charge is 0.270 e. The highest BCUT2D eigenvalue weighted by molar-refractivity contribution is 14.1. The Balaban J connectivity index is 1.87. The van der Waals surface area contributed by atoms with Crippen LogP contribution in [0.5, 0.6) is 0 Å². The standard InChI is InChI=1S/C19H14IN3O3S/c20-18-10-13-9-14(17-8-4-5-15(12-24)22-17)11-21-19(13)23(18)27(25,26)16-6-2-1-3-7-16/h1-11,24H,12H2. The van der Waals surface area contributed by atoms with E-state index < -0.39 is 10.0 Å². The van der Waals surface area contributed by atoms with E-state index >= 15 is 0 Å². The van der Waals surface area contributed by atoms with Crippen LogP contribution < -0.4 is 0 Å². The van der Waals surface area contributed by atoms with Crippen LogP contribution in [-0.4, -0.2) is 27.5 Å². The van der Waals surface area contributed by atoms with Gasteiger partial charge in [0.15, 0.2) is 5.65 Å². The third-order valence-corrected chi connectivity index (χ3v) is 6.94. The number of aromatic nitrogens is 3. The van der Waals surface area contributed by atoms with Crippen LogP contribution in [0.15, 0.2) is 71.8 Å². The summed E-state index contributed by atoms with van der Waals surface area (Å²) < 4.78 is 27.9. The number of halogens is 1. The Morgan fingerprint density at radius 3 is 2.56 bits per heavy atom. The fraction of sp³-hybridized carbons (Fsp3) is 0.0526. The summed E-state index contributed by atoms with van der Waals surface area (Å²) in [6.07, 6.45) is 1.60. The molecule has 0 fully saturated rings. The molecular formula is C19H14IN3O3S. The second-order valence-corrected chi connectivity index (χ2v) is 8.75. The van der Waals surface area contributed by atoms with Crippen LogP contribution in [0.3, 0.4) is 0 Å². The summed E-state index contributed by atoms with van der Waals surface area (Å²) >= 11 is 2.00. The fourth-order valence-corrected chi connectivity index (χ4v) is 5.55. The van der Waals surface area contributed by atoms with Crippen molar-refractivity contribution >= 4 is 43.6 Å². The number of aliphatic hydroxyl groups excluding tert-OH is 1. The molecule has 1 aromatic carbocycles. The van der Waals surface area contributed by atoms with Gasteiger partial charge in [0, 0.05) is 17.1 Å². The maximum absolute atomic E-state index is 13.0. The molecule has 6 nitrogen and oxygen atoms in total. The zero-order valence-electron chi connectivity index (χ0n) is 13.9. The average Bonchev–Trinajstić information content (AvgIpc) is 3.04. The van der Waals surface area contributed by atoms with Crippen molar-refractivity contribution in [1.82, 2.24) is 13.9 Å².